The van der Waals surface area contributed by atoms with Crippen molar-refractivity contribution in [3.8, 4) is 17.6 Å². The number of para-hydroxylation sites is 3. The summed E-state index contributed by atoms with van der Waals surface area (Å²) in [5.41, 5.74) is 2.14. The maximum atomic E-state index is 12.7. The highest BCUT2D eigenvalue weighted by molar-refractivity contribution is 6.32. The molecular weight excluding hydrogens is 444 g/mol. The van der Waals surface area contributed by atoms with E-state index >= 15 is 0 Å². The number of hydrogen-bond donors (Lipinski definition) is 0. The molecule has 1 aromatic heterocycles. The van der Waals surface area contributed by atoms with Gasteiger partial charge in [0.25, 0.3) is 5.91 Å². The molecule has 0 fully saturated rings. The Kier molecular flexibility index (Phi) is 7.12. The molecule has 170 valence electrons. The predicted molar refractivity (Wildman–Crippen MR) is 124 cm³/mol. The molecule has 3 aromatic carbocycles. The Bertz CT molecular complexity index is 1190. The van der Waals surface area contributed by atoms with E-state index in [9.17, 15) is 4.79 Å². The number of nitrogens with zero attached hydrogens (tertiary/aromatic N) is 2. The molecule has 8 heteroatoms. The van der Waals surface area contributed by atoms with Gasteiger partial charge in [0.1, 0.15) is 23.6 Å². The second kappa shape index (κ2) is 10.4. The molecule has 0 spiro atoms. The number of oxazole rings is 1. The minimum atomic E-state index is -0.342. The number of amides is 1. The maximum absolute atomic E-state index is 12.7. The summed E-state index contributed by atoms with van der Waals surface area (Å²) in [6.45, 7) is 3.67. The molecule has 0 aliphatic heterocycles. The molecule has 0 saturated heterocycles. The van der Waals surface area contributed by atoms with Gasteiger partial charge < -0.3 is 13.9 Å². The number of carbonyl (C=O) groups is 1. The van der Waals surface area contributed by atoms with Crippen LogP contribution in [-0.4, -0.2) is 28.6 Å². The first-order chi connectivity index (χ1) is 16.0. The predicted octanol–water partition coefficient (Wildman–Crippen LogP) is 6.02. The van der Waals surface area contributed by atoms with Crippen LogP contribution in [-0.2, 0) is 16.2 Å². The monoisotopic (exact) mass is 466 g/mol. The molecular formula is C25H23ClN2O5. The van der Waals surface area contributed by atoms with Crippen molar-refractivity contribution in [2.24, 2.45) is 0 Å². The summed E-state index contributed by atoms with van der Waals surface area (Å²) in [5.74, 6) is 0.889. The van der Waals surface area contributed by atoms with E-state index in [4.69, 9.17) is 30.3 Å². The molecule has 0 atom stereocenters. The molecule has 7 nitrogen and oxygen atoms in total. The lowest BCUT2D eigenvalue weighted by Crippen LogP contribution is -2.39. The van der Waals surface area contributed by atoms with Gasteiger partial charge in [-0.15, -0.1) is 0 Å². The van der Waals surface area contributed by atoms with Gasteiger partial charge in [0.15, 0.2) is 12.2 Å². The number of aromatic nitrogens is 1. The van der Waals surface area contributed by atoms with Gasteiger partial charge in [-0.1, -0.05) is 48.0 Å². The molecule has 4 aromatic rings. The zero-order valence-electron chi connectivity index (χ0n) is 18.2. The Balaban J connectivity index is 1.32. The van der Waals surface area contributed by atoms with E-state index in [0.29, 0.717) is 27.6 Å². The highest BCUT2D eigenvalue weighted by Gasteiger charge is 2.20. The molecule has 33 heavy (non-hydrogen) atoms. The van der Waals surface area contributed by atoms with Crippen LogP contribution in [0.2, 0.25) is 5.02 Å². The van der Waals surface area contributed by atoms with Gasteiger partial charge in [0.2, 0.25) is 0 Å². The van der Waals surface area contributed by atoms with Crippen LogP contribution in [0.15, 0.2) is 77.2 Å². The van der Waals surface area contributed by atoms with Gasteiger partial charge >= 0.3 is 6.08 Å². The van der Waals surface area contributed by atoms with E-state index in [1.54, 1.807) is 18.2 Å². The highest BCUT2D eigenvalue weighted by atomic mass is 35.5. The fraction of sp³-hybridized carbons (Fsp3) is 0.200. The lowest BCUT2D eigenvalue weighted by atomic mass is 10.2. The summed E-state index contributed by atoms with van der Waals surface area (Å²) < 4.78 is 16.7. The summed E-state index contributed by atoms with van der Waals surface area (Å²) in [7, 11) is 0. The zero-order chi connectivity index (χ0) is 23.2. The summed E-state index contributed by atoms with van der Waals surface area (Å²) >= 11 is 6.13. The van der Waals surface area contributed by atoms with E-state index in [0.717, 1.165) is 5.56 Å². The van der Waals surface area contributed by atoms with Crippen LogP contribution in [0.4, 0.5) is 0 Å². The molecule has 0 aliphatic carbocycles. The third-order valence-corrected chi connectivity index (χ3v) is 4.98. The van der Waals surface area contributed by atoms with Gasteiger partial charge in [-0.05, 0) is 55.8 Å². The smallest absolute Gasteiger partial charge is 0.395 e. The maximum Gasteiger partial charge on any atom is 0.395 e. The average molecular weight is 467 g/mol. The Hall–Kier alpha value is -3.55. The highest BCUT2D eigenvalue weighted by Crippen LogP contribution is 2.29. The Morgan fingerprint density at radius 3 is 2.48 bits per heavy atom. The summed E-state index contributed by atoms with van der Waals surface area (Å²) in [6.07, 6.45) is 0.0439. The third-order valence-electron chi connectivity index (χ3n) is 4.67. The molecule has 4 rings (SSSR count). The molecule has 0 radical (unpaired) electrons. The minimum absolute atomic E-state index is 0.0439. The summed E-state index contributed by atoms with van der Waals surface area (Å²) in [5, 5.41) is 1.83. The summed E-state index contributed by atoms with van der Waals surface area (Å²) in [6, 6.07) is 21.7. The van der Waals surface area contributed by atoms with Crippen LogP contribution < -0.4 is 9.47 Å². The van der Waals surface area contributed by atoms with Crippen LogP contribution in [0, 0.1) is 0 Å². The van der Waals surface area contributed by atoms with Crippen LogP contribution in [0.3, 0.4) is 0 Å². The van der Waals surface area contributed by atoms with Gasteiger partial charge in [0, 0.05) is 0 Å². The fourth-order valence-electron chi connectivity index (χ4n) is 3.06. The van der Waals surface area contributed by atoms with Crippen molar-refractivity contribution in [2.75, 3.05) is 6.61 Å². The van der Waals surface area contributed by atoms with Crippen molar-refractivity contribution in [3.63, 3.8) is 0 Å². The first kappa shape index (κ1) is 22.6. The van der Waals surface area contributed by atoms with E-state index in [2.05, 4.69) is 4.98 Å². The Morgan fingerprint density at radius 1 is 1.03 bits per heavy atom. The van der Waals surface area contributed by atoms with Crippen LogP contribution in [0.5, 0.6) is 17.6 Å². The minimum Gasteiger partial charge on any atom is -0.456 e. The lowest BCUT2D eigenvalue weighted by molar-refractivity contribution is -0.204. The van der Waals surface area contributed by atoms with Crippen LogP contribution in [0.25, 0.3) is 11.1 Å². The largest absolute Gasteiger partial charge is 0.456 e. The number of halogens is 1. The quantitative estimate of drug-likeness (QED) is 0.281. The number of rotatable bonds is 9. The van der Waals surface area contributed by atoms with Crippen molar-refractivity contribution in [3.05, 3.63) is 83.4 Å². The van der Waals surface area contributed by atoms with Crippen LogP contribution >= 0.6 is 11.6 Å². The Labute approximate surface area is 196 Å². The molecule has 0 saturated carbocycles. The number of hydroxylamine groups is 2. The number of benzene rings is 3. The number of fused-ring (bicyclic) bond motifs is 1. The fourth-order valence-corrected chi connectivity index (χ4v) is 3.24. The second-order valence-corrected chi connectivity index (χ2v) is 7.91. The van der Waals surface area contributed by atoms with Crippen molar-refractivity contribution in [1.82, 2.24) is 10.0 Å². The number of hydrogen-bond acceptors (Lipinski definition) is 6. The first-order valence-electron chi connectivity index (χ1n) is 10.4. The van der Waals surface area contributed by atoms with Gasteiger partial charge in [0.05, 0.1) is 11.1 Å². The van der Waals surface area contributed by atoms with E-state index in [-0.39, 0.29) is 31.2 Å². The van der Waals surface area contributed by atoms with Gasteiger partial charge in [-0.2, -0.15) is 4.98 Å². The standard InChI is InChI=1S/C25H23ClN2O5/c1-17(2)28(24(29)16-30-25-27-21-8-4-6-10-23(21)33-25)31-15-18-11-13-19(14-12-18)32-22-9-5-3-7-20(22)26/h3-14,17H,15-16H2,1-2H3. The normalized spacial score (nSPS) is 11.0. The van der Waals surface area contributed by atoms with Crippen molar-refractivity contribution in [2.45, 2.75) is 26.5 Å². The van der Waals surface area contributed by atoms with E-state index in [1.165, 1.54) is 5.06 Å². The number of carbonyl (C=O) groups excluding carboxylic acids is 1. The molecule has 1 heterocycles. The molecule has 0 unspecified atom stereocenters. The molecule has 0 bridgehead atoms. The van der Waals surface area contributed by atoms with Crippen molar-refractivity contribution < 1.29 is 23.5 Å². The van der Waals surface area contributed by atoms with E-state index in [1.807, 2.05) is 68.4 Å². The van der Waals surface area contributed by atoms with Gasteiger partial charge in [-0.3, -0.25) is 9.63 Å². The first-order valence-corrected chi connectivity index (χ1v) is 10.8. The molecule has 0 N–H and O–H groups in total. The average Bonchev–Trinajstić information content (AvgIpc) is 3.23. The lowest BCUT2D eigenvalue weighted by Gasteiger charge is -2.25. The topological polar surface area (TPSA) is 74.0 Å². The molecule has 1 amide bonds. The third kappa shape index (κ3) is 5.83. The summed E-state index contributed by atoms with van der Waals surface area (Å²) in [4.78, 5) is 22.6. The van der Waals surface area contributed by atoms with Crippen molar-refractivity contribution in [1.29, 1.82) is 0 Å². The van der Waals surface area contributed by atoms with Gasteiger partial charge in [-0.25, -0.2) is 5.06 Å². The number of ether oxygens (including phenoxy) is 2. The SMILES string of the molecule is CC(C)N(OCc1ccc(Oc2ccccc2Cl)cc1)C(=O)COc1nc2ccccc2o1. The van der Waals surface area contributed by atoms with Crippen molar-refractivity contribution >= 4 is 28.6 Å². The van der Waals surface area contributed by atoms with E-state index < -0.39 is 0 Å². The Morgan fingerprint density at radius 2 is 1.76 bits per heavy atom. The van der Waals surface area contributed by atoms with Crippen LogP contribution in [0.1, 0.15) is 19.4 Å². The molecule has 0 aliphatic rings. The second-order valence-electron chi connectivity index (χ2n) is 7.50. The zero-order valence-corrected chi connectivity index (χ0v) is 19.0.